The van der Waals surface area contributed by atoms with Crippen molar-refractivity contribution in [3.63, 3.8) is 0 Å². The fourth-order valence-corrected chi connectivity index (χ4v) is 5.70. The van der Waals surface area contributed by atoms with Crippen molar-refractivity contribution in [3.8, 4) is 22.3 Å². The Hall–Kier alpha value is -4.03. The molecule has 0 unspecified atom stereocenters. The topological polar surface area (TPSA) is 64.0 Å². The molecular weight excluding hydrogens is 490 g/mol. The van der Waals surface area contributed by atoms with Gasteiger partial charge in [-0.2, -0.15) is 0 Å². The van der Waals surface area contributed by atoms with Crippen molar-refractivity contribution in [1.29, 1.82) is 0 Å². The van der Waals surface area contributed by atoms with Crippen LogP contribution in [0.25, 0.3) is 32.5 Å². The molecule has 0 aliphatic heterocycles. The number of carbonyl (C=O) groups excluding carboxylic acids is 1. The fourth-order valence-electron chi connectivity index (χ4n) is 4.79. The Kier molecular flexibility index (Phi) is 7.25. The number of nitrogens with one attached hydrogen (secondary N) is 1. The highest BCUT2D eigenvalue weighted by molar-refractivity contribution is 7.17. The molecule has 3 aromatic carbocycles. The molecule has 38 heavy (non-hydrogen) atoms. The minimum Gasteiger partial charge on any atom is -0.324 e. The van der Waals surface area contributed by atoms with Gasteiger partial charge in [-0.15, -0.1) is 11.3 Å². The summed E-state index contributed by atoms with van der Waals surface area (Å²) in [4.78, 5) is 31.9. The van der Waals surface area contributed by atoms with Crippen molar-refractivity contribution in [3.05, 3.63) is 106 Å². The van der Waals surface area contributed by atoms with Crippen molar-refractivity contribution in [2.75, 3.05) is 5.32 Å². The van der Waals surface area contributed by atoms with Gasteiger partial charge in [-0.1, -0.05) is 100 Å². The Labute approximate surface area is 226 Å². The normalized spacial score (nSPS) is 11.4. The summed E-state index contributed by atoms with van der Waals surface area (Å²) in [5, 5.41) is 5.62. The quantitative estimate of drug-likeness (QED) is 0.239. The van der Waals surface area contributed by atoms with Crippen LogP contribution in [0.5, 0.6) is 0 Å². The number of fused-ring (bicyclic) bond motifs is 1. The molecule has 6 heteroatoms. The van der Waals surface area contributed by atoms with Gasteiger partial charge >= 0.3 is 0 Å². The molecule has 0 aliphatic rings. The van der Waals surface area contributed by atoms with E-state index < -0.39 is 0 Å². The van der Waals surface area contributed by atoms with Gasteiger partial charge in [0.15, 0.2) is 0 Å². The minimum atomic E-state index is -0.243. The van der Waals surface area contributed by atoms with E-state index in [1.165, 1.54) is 22.2 Å². The van der Waals surface area contributed by atoms with Crippen molar-refractivity contribution < 1.29 is 4.79 Å². The van der Waals surface area contributed by atoms with Crippen molar-refractivity contribution >= 4 is 33.1 Å². The number of hydrogen-bond acceptors (Lipinski definition) is 4. The zero-order valence-electron chi connectivity index (χ0n) is 22.1. The van der Waals surface area contributed by atoms with E-state index in [2.05, 4.69) is 62.3 Å². The average Bonchev–Trinajstić information content (AvgIpc) is 3.36. The minimum absolute atomic E-state index is 0.103. The molecule has 0 atom stereocenters. The first-order valence-corrected chi connectivity index (χ1v) is 13.8. The van der Waals surface area contributed by atoms with Crippen LogP contribution in [0.15, 0.2) is 89.3 Å². The van der Waals surface area contributed by atoms with Gasteiger partial charge in [-0.05, 0) is 39.7 Å². The second-order valence-corrected chi connectivity index (χ2v) is 11.0. The Morgan fingerprint density at radius 3 is 2.08 bits per heavy atom. The van der Waals surface area contributed by atoms with Gasteiger partial charge in [0.2, 0.25) is 5.91 Å². The van der Waals surface area contributed by atoms with E-state index in [0.29, 0.717) is 10.2 Å². The van der Waals surface area contributed by atoms with Crippen LogP contribution in [0.3, 0.4) is 0 Å². The first-order valence-electron chi connectivity index (χ1n) is 12.9. The van der Waals surface area contributed by atoms with Crippen LogP contribution in [0.4, 0.5) is 5.69 Å². The number of hydrogen-bond donors (Lipinski definition) is 1. The zero-order valence-corrected chi connectivity index (χ0v) is 22.9. The van der Waals surface area contributed by atoms with E-state index in [1.807, 2.05) is 53.9 Å². The standard InChI is InChI=1S/C32H31N3O2S/c1-20(2)25-11-8-12-26(21(3)4)30(25)34-28(36)17-35-19-33-31-29(32(35)37)27(18-38-31)24-15-13-23(14-16-24)22-9-6-5-7-10-22/h5-16,18-21H,17H2,1-4H3,(H,34,36). The van der Waals surface area contributed by atoms with Crippen molar-refractivity contribution in [1.82, 2.24) is 9.55 Å². The molecule has 5 nitrogen and oxygen atoms in total. The SMILES string of the molecule is CC(C)c1cccc(C(C)C)c1NC(=O)Cn1cnc2scc(-c3ccc(-c4ccccc4)cc3)c2c1=O. The molecule has 0 saturated heterocycles. The van der Waals surface area contributed by atoms with E-state index >= 15 is 0 Å². The zero-order chi connectivity index (χ0) is 26.8. The number of rotatable bonds is 7. The smallest absolute Gasteiger partial charge is 0.263 e. The number of carbonyl (C=O) groups is 1. The molecule has 0 bridgehead atoms. The molecule has 1 N–H and O–H groups in total. The fraction of sp³-hybridized carbons (Fsp3) is 0.219. The van der Waals surface area contributed by atoms with Gasteiger partial charge in [0, 0.05) is 16.6 Å². The molecular formula is C32H31N3O2S. The molecule has 0 fully saturated rings. The number of para-hydroxylation sites is 1. The third-order valence-electron chi connectivity index (χ3n) is 6.82. The maximum Gasteiger partial charge on any atom is 0.263 e. The third-order valence-corrected chi connectivity index (χ3v) is 7.70. The first kappa shape index (κ1) is 25.6. The predicted octanol–water partition coefficient (Wildman–Crippen LogP) is 7.68. The van der Waals surface area contributed by atoms with Crippen LogP contribution >= 0.6 is 11.3 Å². The van der Waals surface area contributed by atoms with Gasteiger partial charge in [-0.25, -0.2) is 4.98 Å². The molecule has 192 valence electrons. The van der Waals surface area contributed by atoms with E-state index in [0.717, 1.165) is 39.1 Å². The van der Waals surface area contributed by atoms with Crippen LogP contribution < -0.4 is 10.9 Å². The molecule has 2 heterocycles. The van der Waals surface area contributed by atoms with E-state index in [9.17, 15) is 9.59 Å². The molecule has 0 saturated carbocycles. The van der Waals surface area contributed by atoms with Gasteiger partial charge in [-0.3, -0.25) is 14.2 Å². The number of nitrogens with zero attached hydrogens (tertiary/aromatic N) is 2. The third kappa shape index (κ3) is 5.04. The maximum absolute atomic E-state index is 13.6. The first-order chi connectivity index (χ1) is 18.3. The molecule has 5 aromatic rings. The Morgan fingerprint density at radius 2 is 1.45 bits per heavy atom. The van der Waals surface area contributed by atoms with Gasteiger partial charge < -0.3 is 5.32 Å². The summed E-state index contributed by atoms with van der Waals surface area (Å²) in [5.74, 6) is 0.269. The second kappa shape index (κ2) is 10.8. The Morgan fingerprint density at radius 1 is 0.842 bits per heavy atom. The lowest BCUT2D eigenvalue weighted by Crippen LogP contribution is -2.28. The van der Waals surface area contributed by atoms with Gasteiger partial charge in [0.25, 0.3) is 5.56 Å². The molecule has 5 rings (SSSR count). The number of benzene rings is 3. The highest BCUT2D eigenvalue weighted by Gasteiger charge is 2.18. The van der Waals surface area contributed by atoms with Crippen LogP contribution in [0.1, 0.15) is 50.7 Å². The summed E-state index contributed by atoms with van der Waals surface area (Å²) in [6.07, 6.45) is 1.47. The maximum atomic E-state index is 13.6. The molecule has 0 aliphatic carbocycles. The van der Waals surface area contributed by atoms with E-state index in [1.54, 1.807) is 0 Å². The van der Waals surface area contributed by atoms with Gasteiger partial charge in [0.1, 0.15) is 11.4 Å². The van der Waals surface area contributed by atoms with Crippen LogP contribution in [0.2, 0.25) is 0 Å². The summed E-state index contributed by atoms with van der Waals surface area (Å²) < 4.78 is 1.40. The predicted molar refractivity (Wildman–Crippen MR) is 158 cm³/mol. The monoisotopic (exact) mass is 521 g/mol. The lowest BCUT2D eigenvalue weighted by atomic mass is 9.92. The van der Waals surface area contributed by atoms with Crippen LogP contribution in [-0.4, -0.2) is 15.5 Å². The highest BCUT2D eigenvalue weighted by Crippen LogP contribution is 2.33. The van der Waals surface area contributed by atoms with E-state index in [4.69, 9.17) is 0 Å². The summed E-state index contributed by atoms with van der Waals surface area (Å²) in [7, 11) is 0. The highest BCUT2D eigenvalue weighted by atomic mass is 32.1. The summed E-state index contributed by atoms with van der Waals surface area (Å²) in [6.45, 7) is 8.35. The summed E-state index contributed by atoms with van der Waals surface area (Å²) >= 11 is 1.44. The van der Waals surface area contributed by atoms with Crippen LogP contribution in [0, 0.1) is 0 Å². The van der Waals surface area contributed by atoms with Crippen LogP contribution in [-0.2, 0) is 11.3 Å². The molecule has 0 spiro atoms. The van der Waals surface area contributed by atoms with Gasteiger partial charge in [0.05, 0.1) is 11.7 Å². The molecule has 1 amide bonds. The number of thiophene rings is 1. The average molecular weight is 522 g/mol. The number of anilines is 1. The Balaban J connectivity index is 1.44. The second-order valence-electron chi connectivity index (χ2n) is 10.1. The largest absolute Gasteiger partial charge is 0.324 e. The van der Waals surface area contributed by atoms with E-state index in [-0.39, 0.29) is 29.8 Å². The lowest BCUT2D eigenvalue weighted by Gasteiger charge is -2.20. The summed E-state index contributed by atoms with van der Waals surface area (Å²) in [6, 6.07) is 24.5. The number of aromatic nitrogens is 2. The molecule has 0 radical (unpaired) electrons. The van der Waals surface area contributed by atoms with Crippen molar-refractivity contribution in [2.45, 2.75) is 46.1 Å². The summed E-state index contributed by atoms with van der Waals surface area (Å²) in [5.41, 5.74) is 6.85. The molecule has 2 aromatic heterocycles. The lowest BCUT2D eigenvalue weighted by molar-refractivity contribution is -0.116. The van der Waals surface area contributed by atoms with Crippen molar-refractivity contribution in [2.24, 2.45) is 0 Å². The number of amides is 1. The Bertz CT molecular complexity index is 1620.